The van der Waals surface area contributed by atoms with E-state index >= 15 is 0 Å². The number of aromatic amines is 2. The van der Waals surface area contributed by atoms with Crippen molar-refractivity contribution in [3.63, 3.8) is 0 Å². The fourth-order valence-corrected chi connectivity index (χ4v) is 2.03. The number of aromatic nitrogens is 2. The van der Waals surface area contributed by atoms with E-state index in [1.807, 2.05) is 0 Å². The van der Waals surface area contributed by atoms with Crippen LogP contribution >= 0.6 is 15.9 Å². The van der Waals surface area contributed by atoms with Crippen LogP contribution in [0.1, 0.15) is 13.3 Å². The number of hydrogen-bond acceptors (Lipinski definition) is 4. The first-order valence-electron chi connectivity index (χ1n) is 5.86. The highest BCUT2D eigenvalue weighted by Crippen LogP contribution is 2.26. The highest BCUT2D eigenvalue weighted by atomic mass is 79.9. The van der Waals surface area contributed by atoms with Crippen molar-refractivity contribution < 1.29 is 14.3 Å². The molecule has 3 N–H and O–H groups in total. The number of hydrogen-bond donors (Lipinski definition) is 3. The highest BCUT2D eigenvalue weighted by Gasteiger charge is 2.10. The largest absolute Gasteiger partial charge is 0.456 e. The molecule has 0 aliphatic rings. The molecule has 0 bridgehead atoms. The molecule has 106 valence electrons. The summed E-state index contributed by atoms with van der Waals surface area (Å²) in [6.45, 7) is 1.30. The van der Waals surface area contributed by atoms with Crippen LogP contribution in [0.15, 0.2) is 21.4 Å². The van der Waals surface area contributed by atoms with Crippen LogP contribution in [0.4, 0.5) is 5.69 Å². The maximum atomic E-state index is 11.6. The SMILES string of the molecule is CCC(=O)OCC(=O)Nc1cc2[nH]c(=O)[nH]c2cc1Br. The summed E-state index contributed by atoms with van der Waals surface area (Å²) in [5, 5.41) is 2.59. The first kappa shape index (κ1) is 14.3. The number of amides is 1. The van der Waals surface area contributed by atoms with E-state index in [0.29, 0.717) is 21.2 Å². The molecule has 1 aromatic carbocycles. The van der Waals surface area contributed by atoms with E-state index in [4.69, 9.17) is 4.74 Å². The van der Waals surface area contributed by atoms with Crippen molar-refractivity contribution in [3.05, 3.63) is 27.1 Å². The first-order chi connectivity index (χ1) is 9.49. The Morgan fingerprint density at radius 1 is 1.30 bits per heavy atom. The van der Waals surface area contributed by atoms with Crippen LogP contribution in [0.2, 0.25) is 0 Å². The lowest BCUT2D eigenvalue weighted by Gasteiger charge is -2.08. The third-order valence-electron chi connectivity index (χ3n) is 2.53. The molecule has 0 aliphatic heterocycles. The number of carbonyl (C=O) groups is 2. The van der Waals surface area contributed by atoms with Gasteiger partial charge in [-0.05, 0) is 28.1 Å². The second kappa shape index (κ2) is 5.91. The first-order valence-corrected chi connectivity index (χ1v) is 6.66. The standard InChI is InChI=1S/C12H12BrN3O4/c1-2-11(18)20-5-10(17)14-7-4-9-8(3-6(7)13)15-12(19)16-9/h3-4H,2,5H2,1H3,(H,14,17)(H2,15,16,19). The fraction of sp³-hybridized carbons (Fsp3) is 0.250. The van der Waals surface area contributed by atoms with Crippen LogP contribution in [0.5, 0.6) is 0 Å². The van der Waals surface area contributed by atoms with Gasteiger partial charge in [-0.1, -0.05) is 6.92 Å². The Kier molecular flexibility index (Phi) is 4.23. The lowest BCUT2D eigenvalue weighted by Crippen LogP contribution is -2.20. The number of nitrogens with one attached hydrogen (secondary N) is 3. The molecule has 0 spiro atoms. The zero-order chi connectivity index (χ0) is 14.7. The average molecular weight is 342 g/mol. The molecule has 7 nitrogen and oxygen atoms in total. The molecule has 0 aliphatic carbocycles. The number of benzene rings is 1. The Bertz CT molecular complexity index is 719. The maximum absolute atomic E-state index is 11.6. The van der Waals surface area contributed by atoms with Gasteiger partial charge in [0.1, 0.15) is 0 Å². The van der Waals surface area contributed by atoms with Gasteiger partial charge in [0.15, 0.2) is 6.61 Å². The number of halogens is 1. The van der Waals surface area contributed by atoms with Gasteiger partial charge in [0.25, 0.3) is 5.91 Å². The van der Waals surface area contributed by atoms with Crippen LogP contribution < -0.4 is 11.0 Å². The number of fused-ring (bicyclic) bond motifs is 1. The second-order valence-electron chi connectivity index (χ2n) is 4.02. The van der Waals surface area contributed by atoms with Crippen molar-refractivity contribution in [3.8, 4) is 0 Å². The number of ether oxygens (including phenoxy) is 1. The Balaban J connectivity index is 2.12. The van der Waals surface area contributed by atoms with Gasteiger partial charge >= 0.3 is 11.7 Å². The third kappa shape index (κ3) is 3.27. The van der Waals surface area contributed by atoms with Crippen molar-refractivity contribution in [2.75, 3.05) is 11.9 Å². The van der Waals surface area contributed by atoms with Crippen LogP contribution in [0.25, 0.3) is 11.0 Å². The van der Waals surface area contributed by atoms with Gasteiger partial charge in [-0.25, -0.2) is 4.79 Å². The number of carbonyl (C=O) groups excluding carboxylic acids is 2. The molecule has 1 aromatic heterocycles. The minimum Gasteiger partial charge on any atom is -0.456 e. The molecule has 0 unspecified atom stereocenters. The molecule has 0 fully saturated rings. The summed E-state index contributed by atoms with van der Waals surface area (Å²) >= 11 is 3.29. The maximum Gasteiger partial charge on any atom is 0.323 e. The summed E-state index contributed by atoms with van der Waals surface area (Å²) in [6, 6.07) is 3.28. The summed E-state index contributed by atoms with van der Waals surface area (Å²) in [5.41, 5.74) is 1.34. The van der Waals surface area contributed by atoms with Crippen LogP contribution in [-0.4, -0.2) is 28.5 Å². The van der Waals surface area contributed by atoms with Gasteiger partial charge in [-0.2, -0.15) is 0 Å². The minimum absolute atomic E-state index is 0.216. The Hall–Kier alpha value is -2.09. The summed E-state index contributed by atoms with van der Waals surface area (Å²) in [7, 11) is 0. The van der Waals surface area contributed by atoms with Gasteiger partial charge in [0.2, 0.25) is 0 Å². The predicted octanol–water partition coefficient (Wildman–Crippen LogP) is 1.51. The van der Waals surface area contributed by atoms with Crippen molar-refractivity contribution in [2.45, 2.75) is 13.3 Å². The smallest absolute Gasteiger partial charge is 0.323 e. The van der Waals surface area contributed by atoms with Crippen LogP contribution in [0, 0.1) is 0 Å². The minimum atomic E-state index is -0.454. The second-order valence-corrected chi connectivity index (χ2v) is 4.87. The molecular weight excluding hydrogens is 330 g/mol. The molecule has 2 aromatic rings. The molecule has 1 amide bonds. The van der Waals surface area contributed by atoms with Crippen molar-refractivity contribution >= 4 is 44.5 Å². The highest BCUT2D eigenvalue weighted by molar-refractivity contribution is 9.10. The number of esters is 1. The lowest BCUT2D eigenvalue weighted by molar-refractivity contribution is -0.146. The van der Waals surface area contributed by atoms with Crippen LogP contribution in [-0.2, 0) is 14.3 Å². The Morgan fingerprint density at radius 2 is 1.95 bits per heavy atom. The fourth-order valence-electron chi connectivity index (χ4n) is 1.59. The van der Waals surface area contributed by atoms with Gasteiger partial charge in [0.05, 0.1) is 16.7 Å². The molecule has 8 heteroatoms. The molecule has 0 saturated heterocycles. The van der Waals surface area contributed by atoms with E-state index in [1.165, 1.54) is 0 Å². The summed E-state index contributed by atoms with van der Waals surface area (Å²) in [6.07, 6.45) is 0.216. The zero-order valence-corrected chi connectivity index (χ0v) is 12.2. The monoisotopic (exact) mass is 341 g/mol. The van der Waals surface area contributed by atoms with Gasteiger partial charge < -0.3 is 20.0 Å². The molecular formula is C12H12BrN3O4. The van der Waals surface area contributed by atoms with E-state index in [1.54, 1.807) is 19.1 Å². The number of H-pyrrole nitrogens is 2. The number of rotatable bonds is 4. The molecule has 0 atom stereocenters. The van der Waals surface area contributed by atoms with Gasteiger partial charge in [-0.15, -0.1) is 0 Å². The Labute approximate surface area is 121 Å². The van der Waals surface area contributed by atoms with Crippen molar-refractivity contribution in [1.82, 2.24) is 9.97 Å². The average Bonchev–Trinajstić information content (AvgIpc) is 2.75. The summed E-state index contributed by atoms with van der Waals surface area (Å²) in [4.78, 5) is 39.0. The lowest BCUT2D eigenvalue weighted by atomic mass is 10.2. The van der Waals surface area contributed by atoms with E-state index in [0.717, 1.165) is 0 Å². The normalized spacial score (nSPS) is 10.5. The van der Waals surface area contributed by atoms with E-state index < -0.39 is 11.9 Å². The number of anilines is 1. The number of imidazole rings is 1. The molecule has 1 heterocycles. The zero-order valence-electron chi connectivity index (χ0n) is 10.6. The summed E-state index contributed by atoms with van der Waals surface area (Å²) in [5.74, 6) is -0.894. The third-order valence-corrected chi connectivity index (χ3v) is 3.19. The quantitative estimate of drug-likeness (QED) is 0.733. The van der Waals surface area contributed by atoms with Gasteiger partial charge in [-0.3, -0.25) is 9.59 Å². The van der Waals surface area contributed by atoms with Gasteiger partial charge in [0, 0.05) is 10.9 Å². The molecule has 2 rings (SSSR count). The van der Waals surface area contributed by atoms with E-state index in [2.05, 4.69) is 31.2 Å². The van der Waals surface area contributed by atoms with Crippen molar-refractivity contribution in [1.29, 1.82) is 0 Å². The molecule has 0 radical (unpaired) electrons. The van der Waals surface area contributed by atoms with Crippen LogP contribution in [0.3, 0.4) is 0 Å². The summed E-state index contributed by atoms with van der Waals surface area (Å²) < 4.78 is 5.33. The van der Waals surface area contributed by atoms with E-state index in [-0.39, 0.29) is 18.7 Å². The van der Waals surface area contributed by atoms with Crippen molar-refractivity contribution in [2.24, 2.45) is 0 Å². The Morgan fingerprint density at radius 3 is 2.60 bits per heavy atom. The predicted molar refractivity (Wildman–Crippen MR) is 76.5 cm³/mol. The molecule has 0 saturated carbocycles. The van der Waals surface area contributed by atoms with E-state index in [9.17, 15) is 14.4 Å². The topological polar surface area (TPSA) is 104 Å². The molecule has 20 heavy (non-hydrogen) atoms.